The molecular weight excluding hydrogens is 424 g/mol. The summed E-state index contributed by atoms with van der Waals surface area (Å²) in [6, 6.07) is 0. The van der Waals surface area contributed by atoms with Gasteiger partial charge >= 0.3 is 0 Å². The Bertz CT molecular complexity index is 352. The van der Waals surface area contributed by atoms with Gasteiger partial charge in [0, 0.05) is 6.61 Å². The van der Waals surface area contributed by atoms with Gasteiger partial charge in [-0.15, -0.1) is 0 Å². The molecule has 0 saturated heterocycles. The van der Waals surface area contributed by atoms with Crippen LogP contribution in [0.1, 0.15) is 207 Å². The van der Waals surface area contributed by atoms with Crippen molar-refractivity contribution in [2.45, 2.75) is 213 Å². The summed E-state index contributed by atoms with van der Waals surface area (Å²) in [5.41, 5.74) is 0. The second-order valence-electron chi connectivity index (χ2n) is 11.7. The molecule has 0 amide bonds. The van der Waals surface area contributed by atoms with E-state index < -0.39 is 0 Å². The van der Waals surface area contributed by atoms with Gasteiger partial charge in [0.2, 0.25) is 0 Å². The van der Waals surface area contributed by atoms with Crippen molar-refractivity contribution in [3.05, 3.63) is 0 Å². The van der Waals surface area contributed by atoms with Crippen LogP contribution in [-0.2, 0) is 4.74 Å². The van der Waals surface area contributed by atoms with E-state index in [4.69, 9.17) is 4.74 Å². The Labute approximate surface area is 224 Å². The Hall–Kier alpha value is -0.0400. The molecule has 0 aromatic carbocycles. The predicted molar refractivity (Wildman–Crippen MR) is 161 cm³/mol. The van der Waals surface area contributed by atoms with Crippen LogP contribution in [0, 0.1) is 0 Å². The van der Waals surface area contributed by atoms with Crippen LogP contribution in [0.15, 0.2) is 0 Å². The molecule has 0 bridgehead atoms. The third-order valence-corrected chi connectivity index (χ3v) is 7.86. The van der Waals surface area contributed by atoms with Crippen molar-refractivity contribution in [2.24, 2.45) is 0 Å². The molecule has 212 valence electrons. The van der Waals surface area contributed by atoms with Crippen LogP contribution in [0.5, 0.6) is 0 Å². The minimum absolute atomic E-state index is 0.467. The fourth-order valence-corrected chi connectivity index (χ4v) is 5.29. The molecule has 0 aliphatic rings. The molecule has 1 nitrogen and oxygen atoms in total. The molecule has 0 aromatic rings. The Balaban J connectivity index is 3.13. The van der Waals surface area contributed by atoms with E-state index in [1.165, 1.54) is 186 Å². The van der Waals surface area contributed by atoms with Crippen molar-refractivity contribution in [3.63, 3.8) is 0 Å². The second-order valence-corrected chi connectivity index (χ2v) is 11.7. The number of unbranched alkanes of at least 4 members (excludes halogenated alkanes) is 26. The average molecular weight is 495 g/mol. The van der Waals surface area contributed by atoms with Gasteiger partial charge in [-0.3, -0.25) is 0 Å². The average Bonchev–Trinajstić information content (AvgIpc) is 2.86. The van der Waals surface area contributed by atoms with Crippen molar-refractivity contribution in [3.8, 4) is 0 Å². The largest absolute Gasteiger partial charge is 0.379 e. The molecule has 1 atom stereocenters. The van der Waals surface area contributed by atoms with Crippen molar-refractivity contribution >= 4 is 0 Å². The zero-order valence-electron chi connectivity index (χ0n) is 25.2. The Morgan fingerprint density at radius 1 is 0.343 bits per heavy atom. The summed E-state index contributed by atoms with van der Waals surface area (Å²) in [6.07, 6.45) is 41.9. The summed E-state index contributed by atoms with van der Waals surface area (Å²) in [4.78, 5) is 0. The lowest BCUT2D eigenvalue weighted by Crippen LogP contribution is -2.09. The maximum atomic E-state index is 6.06. The lowest BCUT2D eigenvalue weighted by atomic mass is 10.0. The highest BCUT2D eigenvalue weighted by Crippen LogP contribution is 2.15. The molecule has 1 heteroatoms. The van der Waals surface area contributed by atoms with E-state index in [0.29, 0.717) is 6.10 Å². The summed E-state index contributed by atoms with van der Waals surface area (Å²) in [7, 11) is 0. The predicted octanol–water partition coefficient (Wildman–Crippen LogP) is 12.7. The van der Waals surface area contributed by atoms with E-state index in [1.807, 2.05) is 0 Å². The minimum atomic E-state index is 0.467. The summed E-state index contributed by atoms with van der Waals surface area (Å²) in [5, 5.41) is 0. The van der Waals surface area contributed by atoms with Gasteiger partial charge in [0.25, 0.3) is 0 Å². The Kier molecular flexibility index (Phi) is 32.0. The first-order valence-electron chi connectivity index (χ1n) is 16.9. The topological polar surface area (TPSA) is 9.23 Å². The fraction of sp³-hybridized carbons (Fsp3) is 1.00. The van der Waals surface area contributed by atoms with E-state index in [9.17, 15) is 0 Å². The summed E-state index contributed by atoms with van der Waals surface area (Å²) < 4.78 is 6.06. The van der Waals surface area contributed by atoms with Gasteiger partial charge in [-0.2, -0.15) is 0 Å². The van der Waals surface area contributed by atoms with Gasteiger partial charge in [0.1, 0.15) is 0 Å². The van der Waals surface area contributed by atoms with Crippen LogP contribution < -0.4 is 0 Å². The zero-order valence-corrected chi connectivity index (χ0v) is 25.2. The molecule has 0 heterocycles. The van der Waals surface area contributed by atoms with Gasteiger partial charge in [-0.25, -0.2) is 0 Å². The lowest BCUT2D eigenvalue weighted by Gasteiger charge is -2.13. The van der Waals surface area contributed by atoms with Gasteiger partial charge in [-0.1, -0.05) is 187 Å². The highest BCUT2D eigenvalue weighted by Gasteiger charge is 2.02. The van der Waals surface area contributed by atoms with Gasteiger partial charge in [0.15, 0.2) is 0 Å². The van der Waals surface area contributed by atoms with Crippen molar-refractivity contribution in [1.29, 1.82) is 0 Å². The van der Waals surface area contributed by atoms with Crippen LogP contribution in [0.4, 0.5) is 0 Å². The first kappa shape index (κ1) is 35.0. The Morgan fingerprint density at radius 3 is 0.914 bits per heavy atom. The smallest absolute Gasteiger partial charge is 0.0547 e. The monoisotopic (exact) mass is 495 g/mol. The van der Waals surface area contributed by atoms with Crippen molar-refractivity contribution in [1.82, 2.24) is 0 Å². The van der Waals surface area contributed by atoms with Crippen LogP contribution in [-0.4, -0.2) is 12.7 Å². The zero-order chi connectivity index (χ0) is 25.5. The van der Waals surface area contributed by atoms with Crippen LogP contribution in [0.3, 0.4) is 0 Å². The molecule has 35 heavy (non-hydrogen) atoms. The second kappa shape index (κ2) is 32.0. The molecule has 0 fully saturated rings. The number of hydrogen-bond donors (Lipinski definition) is 0. The van der Waals surface area contributed by atoms with E-state index in [0.717, 1.165) is 6.61 Å². The number of rotatable bonds is 31. The molecule has 0 aliphatic heterocycles. The van der Waals surface area contributed by atoms with Crippen LogP contribution >= 0.6 is 0 Å². The number of ether oxygens (including phenoxy) is 1. The van der Waals surface area contributed by atoms with Crippen LogP contribution in [0.2, 0.25) is 0 Å². The lowest BCUT2D eigenvalue weighted by molar-refractivity contribution is 0.0557. The van der Waals surface area contributed by atoms with Crippen LogP contribution in [0.25, 0.3) is 0 Å². The van der Waals surface area contributed by atoms with Gasteiger partial charge in [0.05, 0.1) is 6.10 Å². The third-order valence-electron chi connectivity index (χ3n) is 7.86. The maximum Gasteiger partial charge on any atom is 0.0547 e. The number of hydrogen-bond acceptors (Lipinski definition) is 1. The highest BCUT2D eigenvalue weighted by atomic mass is 16.5. The molecule has 0 aromatic heterocycles. The molecule has 0 rings (SSSR count). The van der Waals surface area contributed by atoms with E-state index in [-0.39, 0.29) is 0 Å². The molecule has 1 unspecified atom stereocenters. The molecule has 0 aliphatic carbocycles. The minimum Gasteiger partial charge on any atom is -0.379 e. The summed E-state index contributed by atoms with van der Waals surface area (Å²) >= 11 is 0. The Morgan fingerprint density at radius 2 is 0.600 bits per heavy atom. The normalized spacial score (nSPS) is 12.4. The van der Waals surface area contributed by atoms with Gasteiger partial charge in [-0.05, 0) is 19.8 Å². The van der Waals surface area contributed by atoms with E-state index >= 15 is 0 Å². The fourth-order valence-electron chi connectivity index (χ4n) is 5.29. The van der Waals surface area contributed by atoms with Crippen molar-refractivity contribution in [2.75, 3.05) is 6.61 Å². The standard InChI is InChI=1S/C34H70O/c1-4-6-8-10-12-14-16-18-19-20-21-23-25-27-29-31-33-35-34(3)32-30-28-26-24-22-17-15-13-11-9-7-5-2/h34H,4-33H2,1-3H3. The molecular formula is C34H70O. The quantitative estimate of drug-likeness (QED) is 0.0870. The van der Waals surface area contributed by atoms with E-state index in [1.54, 1.807) is 0 Å². The molecule has 0 saturated carbocycles. The van der Waals surface area contributed by atoms with Crippen molar-refractivity contribution < 1.29 is 4.74 Å². The first-order chi connectivity index (χ1) is 17.3. The molecule has 0 N–H and O–H groups in total. The van der Waals surface area contributed by atoms with E-state index in [2.05, 4.69) is 20.8 Å². The molecule has 0 radical (unpaired) electrons. The summed E-state index contributed by atoms with van der Waals surface area (Å²) in [6.45, 7) is 7.87. The first-order valence-corrected chi connectivity index (χ1v) is 16.9. The van der Waals surface area contributed by atoms with Gasteiger partial charge < -0.3 is 4.74 Å². The summed E-state index contributed by atoms with van der Waals surface area (Å²) in [5.74, 6) is 0. The highest BCUT2D eigenvalue weighted by molar-refractivity contribution is 4.54. The maximum absolute atomic E-state index is 6.06. The SMILES string of the molecule is CCCCCCCCCCCCCCCCCCOC(C)CCCCCCCCCCCCCC. The molecule has 0 spiro atoms. The third kappa shape index (κ3) is 31.9.